The Morgan fingerprint density at radius 2 is 1.77 bits per heavy atom. The van der Waals surface area contributed by atoms with Gasteiger partial charge in [-0.15, -0.1) is 0 Å². The van der Waals surface area contributed by atoms with E-state index in [2.05, 4.69) is 10.6 Å². The maximum Gasteiger partial charge on any atom is 0.407 e. The molecule has 1 aliphatic carbocycles. The number of para-hydroxylation sites is 1. The fraction of sp³-hybridized carbons (Fsp3) is 0.609. The number of amides is 1. The van der Waals surface area contributed by atoms with Crippen LogP contribution >= 0.6 is 0 Å². The number of fused-ring (bicyclic) bond motifs is 1. The maximum absolute atomic E-state index is 12.0. The second kappa shape index (κ2) is 9.49. The number of alkyl carbamates (subject to hydrolysis) is 1. The highest BCUT2D eigenvalue weighted by Crippen LogP contribution is 2.30. The molecule has 30 heavy (non-hydrogen) atoms. The van der Waals surface area contributed by atoms with E-state index < -0.39 is 5.60 Å². The highest BCUT2D eigenvalue weighted by Gasteiger charge is 2.26. The highest BCUT2D eigenvalue weighted by atomic mass is 16.6. The minimum absolute atomic E-state index is 0.340. The van der Waals surface area contributed by atoms with Crippen molar-refractivity contribution < 1.29 is 9.53 Å². The van der Waals surface area contributed by atoms with Crippen LogP contribution in [0.4, 0.5) is 16.6 Å². The Hall–Kier alpha value is -2.57. The minimum Gasteiger partial charge on any atom is -0.444 e. The molecule has 1 saturated carbocycles. The molecule has 2 aromatic rings. The van der Waals surface area contributed by atoms with Gasteiger partial charge in [-0.05, 0) is 57.6 Å². The lowest BCUT2D eigenvalue weighted by molar-refractivity contribution is 0.0507. The van der Waals surface area contributed by atoms with E-state index in [9.17, 15) is 4.79 Å². The van der Waals surface area contributed by atoms with E-state index in [1.165, 1.54) is 12.8 Å². The van der Waals surface area contributed by atoms with Gasteiger partial charge in [-0.2, -0.15) is 4.98 Å². The summed E-state index contributed by atoms with van der Waals surface area (Å²) in [5, 5.41) is 7.47. The van der Waals surface area contributed by atoms with Gasteiger partial charge < -0.3 is 20.3 Å². The summed E-state index contributed by atoms with van der Waals surface area (Å²) >= 11 is 0. The lowest BCUT2D eigenvalue weighted by Crippen LogP contribution is -2.39. The van der Waals surface area contributed by atoms with Crippen LogP contribution < -0.4 is 15.5 Å². The van der Waals surface area contributed by atoms with Crippen LogP contribution in [-0.2, 0) is 4.74 Å². The molecule has 0 saturated heterocycles. The van der Waals surface area contributed by atoms with E-state index in [-0.39, 0.29) is 6.09 Å². The van der Waals surface area contributed by atoms with Crippen molar-refractivity contribution in [1.82, 2.24) is 15.3 Å². The number of benzene rings is 1. The monoisotopic (exact) mass is 413 g/mol. The molecule has 0 bridgehead atoms. The number of hydrogen-bond acceptors (Lipinski definition) is 6. The molecule has 164 valence electrons. The van der Waals surface area contributed by atoms with Gasteiger partial charge in [0.05, 0.1) is 5.52 Å². The third-order valence-electron chi connectivity index (χ3n) is 5.50. The highest BCUT2D eigenvalue weighted by molar-refractivity contribution is 5.90. The lowest BCUT2D eigenvalue weighted by Gasteiger charge is -2.32. The molecule has 1 aromatic carbocycles. The minimum atomic E-state index is -0.477. The molecule has 3 rings (SSSR count). The molecule has 0 spiro atoms. The molecule has 2 N–H and O–H groups in total. The normalized spacial score (nSPS) is 19.4. The number of hydrogen-bond donors (Lipinski definition) is 2. The molecule has 1 amide bonds. The Bertz CT molecular complexity index is 862. The number of anilines is 2. The van der Waals surface area contributed by atoms with Gasteiger partial charge in [0.1, 0.15) is 11.4 Å². The fourth-order valence-electron chi connectivity index (χ4n) is 4.05. The average Bonchev–Trinajstić information content (AvgIpc) is 2.69. The number of aromatic nitrogens is 2. The molecule has 1 fully saturated rings. The summed E-state index contributed by atoms with van der Waals surface area (Å²) in [6, 6.07) is 8.07. The smallest absolute Gasteiger partial charge is 0.407 e. The zero-order valence-electron chi connectivity index (χ0n) is 18.9. The van der Waals surface area contributed by atoms with Crippen molar-refractivity contribution in [2.45, 2.75) is 52.1 Å². The van der Waals surface area contributed by atoms with Gasteiger partial charge in [-0.25, -0.2) is 9.78 Å². The molecular weight excluding hydrogens is 378 g/mol. The number of nitrogens with one attached hydrogen (secondary N) is 2. The van der Waals surface area contributed by atoms with Crippen LogP contribution in [0.15, 0.2) is 24.3 Å². The quantitative estimate of drug-likeness (QED) is 0.729. The Morgan fingerprint density at radius 1 is 1.10 bits per heavy atom. The number of nitrogens with zero attached hydrogens (tertiary/aromatic N) is 3. The predicted molar refractivity (Wildman–Crippen MR) is 122 cm³/mol. The van der Waals surface area contributed by atoms with Gasteiger partial charge in [0.2, 0.25) is 5.95 Å². The maximum atomic E-state index is 12.0. The van der Waals surface area contributed by atoms with Crippen molar-refractivity contribution in [2.24, 2.45) is 11.8 Å². The van der Waals surface area contributed by atoms with E-state index in [1.54, 1.807) is 0 Å². The predicted octanol–water partition coefficient (Wildman–Crippen LogP) is 4.44. The standard InChI is InChI=1S/C23H35N5O2/c1-23(2,3)30-22(29)25-15-17-11-7-6-10-16(17)14-24-21-26-19-13-9-8-12-18(19)20(27-21)28(4)5/h8-9,12-13,16-17H,6-7,10-11,14-15H2,1-5H3,(H,25,29)(H,24,26,27). The summed E-state index contributed by atoms with van der Waals surface area (Å²) in [6.07, 6.45) is 4.34. The van der Waals surface area contributed by atoms with Gasteiger partial charge in [0.15, 0.2) is 0 Å². The van der Waals surface area contributed by atoms with Gasteiger partial charge in [0, 0.05) is 32.6 Å². The molecule has 0 radical (unpaired) electrons. The van der Waals surface area contributed by atoms with E-state index in [0.29, 0.717) is 24.3 Å². The Labute approximate surface area is 179 Å². The Kier molecular flexibility index (Phi) is 7.00. The van der Waals surface area contributed by atoms with Crippen molar-refractivity contribution in [1.29, 1.82) is 0 Å². The molecule has 7 heteroatoms. The number of carbonyl (C=O) groups is 1. The first-order valence-corrected chi connectivity index (χ1v) is 10.9. The zero-order chi connectivity index (χ0) is 21.7. The first-order chi connectivity index (χ1) is 14.2. The van der Waals surface area contributed by atoms with Crippen molar-refractivity contribution >= 4 is 28.8 Å². The molecule has 2 unspecified atom stereocenters. The summed E-state index contributed by atoms with van der Waals surface area (Å²) < 4.78 is 5.38. The first kappa shape index (κ1) is 22.1. The third kappa shape index (κ3) is 5.97. The van der Waals surface area contributed by atoms with Crippen molar-refractivity contribution in [3.05, 3.63) is 24.3 Å². The summed E-state index contributed by atoms with van der Waals surface area (Å²) in [5.41, 5.74) is 0.459. The van der Waals surface area contributed by atoms with Crippen LogP contribution in [0.5, 0.6) is 0 Å². The number of rotatable bonds is 6. The van der Waals surface area contributed by atoms with Crippen LogP contribution in [0.25, 0.3) is 10.9 Å². The molecule has 1 aliphatic rings. The van der Waals surface area contributed by atoms with Crippen molar-refractivity contribution in [2.75, 3.05) is 37.4 Å². The molecule has 1 heterocycles. The Morgan fingerprint density at radius 3 is 2.43 bits per heavy atom. The Balaban J connectivity index is 1.64. The van der Waals surface area contributed by atoms with E-state index in [4.69, 9.17) is 14.7 Å². The lowest BCUT2D eigenvalue weighted by atomic mass is 9.79. The summed E-state index contributed by atoms with van der Waals surface area (Å²) in [5.74, 6) is 2.45. The van der Waals surface area contributed by atoms with Crippen molar-refractivity contribution in [3.63, 3.8) is 0 Å². The topological polar surface area (TPSA) is 79.4 Å². The van der Waals surface area contributed by atoms with Crippen LogP contribution in [0.2, 0.25) is 0 Å². The van der Waals surface area contributed by atoms with E-state index in [0.717, 1.165) is 36.1 Å². The van der Waals surface area contributed by atoms with Gasteiger partial charge >= 0.3 is 6.09 Å². The fourth-order valence-corrected chi connectivity index (χ4v) is 4.05. The molecule has 7 nitrogen and oxygen atoms in total. The second-order valence-corrected chi connectivity index (χ2v) is 9.35. The SMILES string of the molecule is CN(C)c1nc(NCC2CCCCC2CNC(=O)OC(C)(C)C)nc2ccccc12. The summed E-state index contributed by atoms with van der Waals surface area (Å²) in [7, 11) is 4.00. The van der Waals surface area contributed by atoms with Crippen LogP contribution in [0.3, 0.4) is 0 Å². The zero-order valence-corrected chi connectivity index (χ0v) is 18.9. The average molecular weight is 414 g/mol. The molecule has 2 atom stereocenters. The van der Waals surface area contributed by atoms with Gasteiger partial charge in [-0.1, -0.05) is 25.0 Å². The van der Waals surface area contributed by atoms with Crippen LogP contribution in [0.1, 0.15) is 46.5 Å². The largest absolute Gasteiger partial charge is 0.444 e. The van der Waals surface area contributed by atoms with Crippen LogP contribution in [0, 0.1) is 11.8 Å². The second-order valence-electron chi connectivity index (χ2n) is 9.35. The van der Waals surface area contributed by atoms with E-state index >= 15 is 0 Å². The van der Waals surface area contributed by atoms with Gasteiger partial charge in [0.25, 0.3) is 0 Å². The van der Waals surface area contributed by atoms with E-state index in [1.807, 2.05) is 64.0 Å². The van der Waals surface area contributed by atoms with Crippen molar-refractivity contribution in [3.8, 4) is 0 Å². The molecule has 1 aromatic heterocycles. The molecule has 0 aliphatic heterocycles. The molecular formula is C23H35N5O2. The van der Waals surface area contributed by atoms with Crippen LogP contribution in [-0.4, -0.2) is 48.8 Å². The first-order valence-electron chi connectivity index (χ1n) is 10.9. The summed E-state index contributed by atoms with van der Waals surface area (Å²) in [6.45, 7) is 7.08. The third-order valence-corrected chi connectivity index (χ3v) is 5.50. The number of ether oxygens (including phenoxy) is 1. The summed E-state index contributed by atoms with van der Waals surface area (Å²) in [4.78, 5) is 23.5. The number of carbonyl (C=O) groups excluding carboxylic acids is 1. The van der Waals surface area contributed by atoms with Gasteiger partial charge in [-0.3, -0.25) is 0 Å².